The van der Waals surface area contributed by atoms with Crippen LogP contribution in [0.3, 0.4) is 0 Å². The number of aliphatic hydroxyl groups is 1. The summed E-state index contributed by atoms with van der Waals surface area (Å²) in [6, 6.07) is 2.59. The predicted molar refractivity (Wildman–Crippen MR) is 147 cm³/mol. The normalized spacial score (nSPS) is 16.7. The topological polar surface area (TPSA) is 108 Å². The molecule has 2 fully saturated rings. The van der Waals surface area contributed by atoms with E-state index in [1.807, 2.05) is 18.7 Å². The molecule has 9 heteroatoms. The van der Waals surface area contributed by atoms with E-state index in [0.717, 1.165) is 25.0 Å². The highest BCUT2D eigenvalue weighted by molar-refractivity contribution is 8.14. The van der Waals surface area contributed by atoms with Crippen molar-refractivity contribution in [3.05, 3.63) is 31.0 Å². The number of carbonyl (C=O) groups is 1. The number of aromatic hydroxyl groups is 1. The molecule has 3 rings (SSSR count). The molecule has 1 saturated carbocycles. The molecule has 1 aliphatic carbocycles. The van der Waals surface area contributed by atoms with Gasteiger partial charge in [0.1, 0.15) is 5.75 Å². The Morgan fingerprint density at radius 2 is 1.69 bits per heavy atom. The molecule has 2 heterocycles. The minimum Gasteiger partial charge on any atom is -0.506 e. The van der Waals surface area contributed by atoms with Gasteiger partial charge in [-0.15, -0.1) is 13.2 Å². The van der Waals surface area contributed by atoms with Gasteiger partial charge in [0.25, 0.3) is 5.24 Å². The smallest absolute Gasteiger partial charge is 0.281 e. The Morgan fingerprint density at radius 3 is 2.09 bits per heavy atom. The Hall–Kier alpha value is -1.58. The van der Waals surface area contributed by atoms with Crippen molar-refractivity contribution in [2.24, 2.45) is 5.92 Å². The van der Waals surface area contributed by atoms with Crippen LogP contribution in [0.4, 0.5) is 4.79 Å². The van der Waals surface area contributed by atoms with E-state index in [-0.39, 0.29) is 22.1 Å². The summed E-state index contributed by atoms with van der Waals surface area (Å²) in [5.74, 6) is 1.09. The number of amides is 1. The van der Waals surface area contributed by atoms with Gasteiger partial charge in [0.05, 0.1) is 11.8 Å². The van der Waals surface area contributed by atoms with E-state index in [4.69, 9.17) is 5.11 Å². The van der Waals surface area contributed by atoms with E-state index >= 15 is 0 Å². The maximum absolute atomic E-state index is 11.5. The second-order valence-electron chi connectivity index (χ2n) is 9.09. The van der Waals surface area contributed by atoms with Crippen LogP contribution in [0.1, 0.15) is 77.8 Å². The largest absolute Gasteiger partial charge is 0.506 e. The van der Waals surface area contributed by atoms with E-state index in [1.54, 1.807) is 6.92 Å². The lowest BCUT2D eigenvalue weighted by atomic mass is 9.88. The van der Waals surface area contributed by atoms with Crippen LogP contribution in [-0.4, -0.2) is 64.5 Å². The summed E-state index contributed by atoms with van der Waals surface area (Å²) in [5.41, 5.74) is 0.318. The summed E-state index contributed by atoms with van der Waals surface area (Å²) in [6.45, 7) is 15.3. The number of aryl methyl sites for hydroxylation is 1. The van der Waals surface area contributed by atoms with Gasteiger partial charge in [-0.25, -0.2) is 13.4 Å². The van der Waals surface area contributed by atoms with Crippen molar-refractivity contribution in [1.82, 2.24) is 9.88 Å². The molecular weight excluding hydrogens is 484 g/mol. The lowest BCUT2D eigenvalue weighted by molar-refractivity contribution is 0.1000. The van der Waals surface area contributed by atoms with Crippen LogP contribution in [0.25, 0.3) is 0 Å². The van der Waals surface area contributed by atoms with Crippen LogP contribution in [0.15, 0.2) is 30.3 Å². The van der Waals surface area contributed by atoms with E-state index in [0.29, 0.717) is 24.0 Å². The van der Waals surface area contributed by atoms with Crippen LogP contribution in [0.5, 0.6) is 5.75 Å². The molecule has 0 aromatic carbocycles. The van der Waals surface area contributed by atoms with Crippen molar-refractivity contribution in [3.63, 3.8) is 0 Å². The minimum absolute atomic E-state index is 0.00222. The molecule has 0 spiro atoms. The Morgan fingerprint density at radius 1 is 1.14 bits per heavy atom. The molecule has 0 bridgehead atoms. The number of hydrogen-bond acceptors (Lipinski definition) is 7. The standard InChI is InChI=1S/C9H17NO2S.C8H16.C7H9NO3S.C2H4/c1-7(2)13-9(12)10-5-3-8(11)4-6-10;1-2-8-6-4-3-5-7-8;1-5-6(9)3-4-7(8-5)12(2,10)11;1-2/h7-8,11H,3-6H2,1-2H3;8H,2-7H2,1H3;3-4,9H,1-2H3;1-2H2. The molecule has 2 aliphatic rings. The molecule has 1 aromatic rings. The highest BCUT2D eigenvalue weighted by Crippen LogP contribution is 2.25. The van der Waals surface area contributed by atoms with Crippen LogP contribution in [0.2, 0.25) is 0 Å². The number of thioether (sulfide) groups is 1. The Kier molecular flexibility index (Phi) is 17.0. The fraction of sp³-hybridized carbons (Fsp3) is 0.692. The van der Waals surface area contributed by atoms with Gasteiger partial charge in [0.15, 0.2) is 14.9 Å². The van der Waals surface area contributed by atoms with E-state index in [9.17, 15) is 18.3 Å². The zero-order valence-corrected chi connectivity index (χ0v) is 23.8. The summed E-state index contributed by atoms with van der Waals surface area (Å²) in [5, 5.41) is 18.8. The van der Waals surface area contributed by atoms with Crippen LogP contribution in [-0.2, 0) is 9.84 Å². The molecular formula is C26H46N2O5S2. The highest BCUT2D eigenvalue weighted by Gasteiger charge is 2.21. The first kappa shape index (κ1) is 33.4. The minimum atomic E-state index is -3.26. The first-order valence-corrected chi connectivity index (χ1v) is 15.2. The number of aromatic nitrogens is 1. The van der Waals surface area contributed by atoms with Crippen LogP contribution in [0, 0.1) is 12.8 Å². The molecule has 1 saturated heterocycles. The van der Waals surface area contributed by atoms with Crippen LogP contribution < -0.4 is 0 Å². The number of sulfone groups is 1. The van der Waals surface area contributed by atoms with Crippen LogP contribution >= 0.6 is 11.8 Å². The first-order valence-electron chi connectivity index (χ1n) is 12.4. The second kappa shape index (κ2) is 17.8. The van der Waals surface area contributed by atoms with E-state index in [2.05, 4.69) is 25.1 Å². The van der Waals surface area contributed by atoms with Gasteiger partial charge in [0, 0.05) is 24.6 Å². The first-order chi connectivity index (χ1) is 16.4. The summed E-state index contributed by atoms with van der Waals surface area (Å²) in [6.07, 6.45) is 11.3. The van der Waals surface area contributed by atoms with Crippen molar-refractivity contribution in [2.75, 3.05) is 19.3 Å². The number of nitrogens with zero attached hydrogens (tertiary/aromatic N) is 2. The van der Waals surface area contributed by atoms with Gasteiger partial charge in [-0.3, -0.25) is 4.79 Å². The Labute approximate surface area is 217 Å². The fourth-order valence-electron chi connectivity index (χ4n) is 3.66. The Balaban J connectivity index is 0.000000489. The number of hydrogen-bond donors (Lipinski definition) is 2. The highest BCUT2D eigenvalue weighted by atomic mass is 32.2. The van der Waals surface area contributed by atoms with Gasteiger partial charge < -0.3 is 15.1 Å². The van der Waals surface area contributed by atoms with Gasteiger partial charge >= 0.3 is 0 Å². The van der Waals surface area contributed by atoms with Crippen molar-refractivity contribution in [1.29, 1.82) is 0 Å². The molecule has 0 radical (unpaired) electrons. The maximum atomic E-state index is 11.5. The van der Waals surface area contributed by atoms with E-state index in [1.165, 1.54) is 62.4 Å². The van der Waals surface area contributed by atoms with Gasteiger partial charge in [-0.2, -0.15) is 0 Å². The summed E-state index contributed by atoms with van der Waals surface area (Å²) < 4.78 is 21.9. The third kappa shape index (κ3) is 14.5. The molecule has 1 aromatic heterocycles. The van der Waals surface area contributed by atoms with Crippen molar-refractivity contribution >= 4 is 26.8 Å². The average Bonchev–Trinajstić information content (AvgIpc) is 2.83. The number of piperidine rings is 1. The zero-order valence-electron chi connectivity index (χ0n) is 22.2. The van der Waals surface area contributed by atoms with Crippen molar-refractivity contribution in [3.8, 4) is 5.75 Å². The Bertz CT molecular complexity index is 832. The molecule has 202 valence electrons. The third-order valence-corrected chi connectivity index (χ3v) is 7.69. The molecule has 1 amide bonds. The van der Waals surface area contributed by atoms with E-state index < -0.39 is 9.84 Å². The van der Waals surface area contributed by atoms with Crippen molar-refractivity contribution < 1.29 is 23.4 Å². The quantitative estimate of drug-likeness (QED) is 0.463. The number of likely N-dealkylation sites (tertiary alicyclic amines) is 1. The predicted octanol–water partition coefficient (Wildman–Crippen LogP) is 5.98. The molecule has 7 nitrogen and oxygen atoms in total. The fourth-order valence-corrected chi connectivity index (χ4v) is 5.01. The third-order valence-electron chi connectivity index (χ3n) is 5.77. The lowest BCUT2D eigenvalue weighted by Gasteiger charge is -2.29. The molecule has 2 N–H and O–H groups in total. The SMILES string of the molecule is C=C.CC(C)SC(=O)N1CCC(O)CC1.CCC1CCCCC1.Cc1nc(S(C)(=O)=O)ccc1O. The molecule has 35 heavy (non-hydrogen) atoms. The molecule has 0 unspecified atom stereocenters. The monoisotopic (exact) mass is 530 g/mol. The van der Waals surface area contributed by atoms with Gasteiger partial charge in [-0.05, 0) is 37.8 Å². The van der Waals surface area contributed by atoms with Crippen molar-refractivity contribution in [2.45, 2.75) is 95.4 Å². The lowest BCUT2D eigenvalue weighted by Crippen LogP contribution is -2.38. The number of aliphatic hydroxyl groups excluding tert-OH is 1. The molecule has 0 atom stereocenters. The average molecular weight is 531 g/mol. The number of carbonyl (C=O) groups excluding carboxylic acids is 1. The zero-order chi connectivity index (χ0) is 27.0. The number of pyridine rings is 1. The van der Waals surface area contributed by atoms with Gasteiger partial charge in [0.2, 0.25) is 0 Å². The summed E-state index contributed by atoms with van der Waals surface area (Å²) in [7, 11) is -3.26. The second-order valence-corrected chi connectivity index (χ2v) is 12.6. The van der Waals surface area contributed by atoms with Gasteiger partial charge in [-0.1, -0.05) is 71.1 Å². The number of rotatable bonds is 3. The summed E-state index contributed by atoms with van der Waals surface area (Å²) in [4.78, 5) is 17.1. The maximum Gasteiger partial charge on any atom is 0.281 e. The molecule has 1 aliphatic heterocycles. The summed E-state index contributed by atoms with van der Waals surface area (Å²) >= 11 is 1.37.